The first kappa shape index (κ1) is 38.6. The van der Waals surface area contributed by atoms with Gasteiger partial charge in [-0.15, -0.1) is 0 Å². The third-order valence-electron chi connectivity index (χ3n) is 13.3. The zero-order valence-corrected chi connectivity index (χ0v) is 33.5. The molecule has 5 aliphatic rings. The number of nitrogens with zero attached hydrogens (tertiary/aromatic N) is 3. The van der Waals surface area contributed by atoms with Crippen LogP contribution in [0, 0.1) is 17.8 Å². The monoisotopic (exact) mass is 766 g/mol. The number of nitrogens with one attached hydrogen (secondary N) is 1. The molecule has 7 rings (SSSR count). The van der Waals surface area contributed by atoms with Crippen molar-refractivity contribution in [3.63, 3.8) is 0 Å². The van der Waals surface area contributed by atoms with Gasteiger partial charge in [0.1, 0.15) is 12.4 Å². The van der Waals surface area contributed by atoms with Gasteiger partial charge in [-0.25, -0.2) is 13.1 Å². The molecule has 6 atom stereocenters. The molecule has 4 aliphatic heterocycles. The summed E-state index contributed by atoms with van der Waals surface area (Å²) in [5.41, 5.74) is 2.97. The predicted octanol–water partition coefficient (Wildman–Crippen LogP) is 7.08. The highest BCUT2D eigenvalue weighted by atomic mass is 35.5. The third-order valence-corrected chi connectivity index (χ3v) is 15.4. The first-order valence-electron chi connectivity index (χ1n) is 20.1. The number of hydrogen-bond donors (Lipinski definition) is 1. The van der Waals surface area contributed by atoms with E-state index in [0.29, 0.717) is 42.2 Å². The number of carbonyl (C=O) groups excluding carboxylic acids is 1. The van der Waals surface area contributed by atoms with Crippen LogP contribution in [0.5, 0.6) is 5.75 Å². The van der Waals surface area contributed by atoms with Crippen molar-refractivity contribution in [1.29, 1.82) is 0 Å². The summed E-state index contributed by atoms with van der Waals surface area (Å²) in [5.74, 6) is 0.559. The second-order valence-electron chi connectivity index (χ2n) is 16.4. The van der Waals surface area contributed by atoms with E-state index in [1.165, 1.54) is 31.4 Å². The molecular weight excluding hydrogens is 708 g/mol. The Hall–Kier alpha value is -2.63. The summed E-state index contributed by atoms with van der Waals surface area (Å²) in [6.45, 7) is 11.2. The van der Waals surface area contributed by atoms with E-state index < -0.39 is 26.8 Å². The molecular formula is C42H59ClN4O5S. The highest BCUT2D eigenvalue weighted by Gasteiger charge is 2.47. The highest BCUT2D eigenvalue weighted by Crippen LogP contribution is 2.48. The molecule has 2 aromatic rings. The number of piperidine rings is 1. The summed E-state index contributed by atoms with van der Waals surface area (Å²) < 4.78 is 42.9. The number of methoxy groups -OCH3 is 1. The van der Waals surface area contributed by atoms with Crippen LogP contribution in [0.15, 0.2) is 48.6 Å². The van der Waals surface area contributed by atoms with Crippen LogP contribution < -0.4 is 14.4 Å². The van der Waals surface area contributed by atoms with Crippen molar-refractivity contribution < 1.29 is 22.7 Å². The largest absolute Gasteiger partial charge is 0.487 e. The summed E-state index contributed by atoms with van der Waals surface area (Å²) in [6, 6.07) is 12.0. The third kappa shape index (κ3) is 8.62. The summed E-state index contributed by atoms with van der Waals surface area (Å²) >= 11 is 6.41. The quantitative estimate of drug-likeness (QED) is 0.331. The molecule has 2 saturated heterocycles. The number of anilines is 1. The average Bonchev–Trinajstić information content (AvgIpc) is 3.17. The van der Waals surface area contributed by atoms with Gasteiger partial charge in [-0.1, -0.05) is 43.2 Å². The Labute approximate surface area is 322 Å². The molecule has 3 fully saturated rings. The van der Waals surface area contributed by atoms with Crippen LogP contribution in [0.2, 0.25) is 5.02 Å². The lowest BCUT2D eigenvalue weighted by molar-refractivity contribution is -0.0860. The maximum absolute atomic E-state index is 13.6. The van der Waals surface area contributed by atoms with Crippen LogP contribution in [-0.4, -0.2) is 93.9 Å². The second-order valence-corrected chi connectivity index (χ2v) is 18.9. The van der Waals surface area contributed by atoms with Crippen molar-refractivity contribution in [2.24, 2.45) is 17.8 Å². The molecule has 0 aromatic heterocycles. The average molecular weight is 767 g/mol. The summed E-state index contributed by atoms with van der Waals surface area (Å²) in [4.78, 5) is 21.4. The smallest absolute Gasteiger partial charge is 0.264 e. The second kappa shape index (κ2) is 16.6. The number of aryl methyl sites for hydroxylation is 1. The van der Waals surface area contributed by atoms with Crippen molar-refractivity contribution in [2.75, 3.05) is 57.8 Å². The molecule has 290 valence electrons. The van der Waals surface area contributed by atoms with Crippen LogP contribution in [0.25, 0.3) is 0 Å². The van der Waals surface area contributed by atoms with Crippen molar-refractivity contribution >= 4 is 33.2 Å². The molecule has 1 aliphatic carbocycles. The molecule has 0 spiro atoms. The minimum atomic E-state index is -3.94. The molecule has 2 bridgehead atoms. The number of sulfonamides is 1. The van der Waals surface area contributed by atoms with Crippen LogP contribution >= 0.6 is 11.6 Å². The molecule has 53 heavy (non-hydrogen) atoms. The standard InChI is InChI=1S/C42H59ClN4O5S/c1-30-9-8-18-42(51-3,19-22-45-23-24-46-20-7-5-11-37(46)28-45)38-16-13-34(38)27-47-21-6-4-10-32-25-36(43)15-12-35(32)29-52-40-17-14-33(26-39(40)47)41(48)44-53(49,50)31(30)2/h8,12,14-15,17-18,25-26,30-31,34,37-38H,4-7,9-11,13,16,19-24,27-29H2,1-3H3,(H,44,48)/b18-8+/t30-,31+,34-,37+,38+,42-/m0/s1. The van der Waals surface area contributed by atoms with Crippen LogP contribution in [0.1, 0.15) is 93.1 Å². The van der Waals surface area contributed by atoms with E-state index in [-0.39, 0.29) is 5.92 Å². The van der Waals surface area contributed by atoms with Crippen molar-refractivity contribution in [2.45, 2.75) is 102 Å². The number of allylic oxidation sites excluding steroid dienone is 1. The number of rotatable bonds is 4. The van der Waals surface area contributed by atoms with Crippen LogP contribution in [0.3, 0.4) is 0 Å². The van der Waals surface area contributed by atoms with Gasteiger partial charge >= 0.3 is 0 Å². The van der Waals surface area contributed by atoms with E-state index in [9.17, 15) is 13.2 Å². The maximum atomic E-state index is 13.6. The molecule has 0 unspecified atom stereocenters. The predicted molar refractivity (Wildman–Crippen MR) is 212 cm³/mol. The Kier molecular flexibility index (Phi) is 12.1. The fraction of sp³-hybridized carbons (Fsp3) is 0.643. The topological polar surface area (TPSA) is 91.4 Å². The number of carbonyl (C=O) groups is 1. The Morgan fingerprint density at radius 3 is 2.62 bits per heavy atom. The normalized spacial score (nSPS) is 32.0. The van der Waals surface area contributed by atoms with Gasteiger partial charge in [0.25, 0.3) is 5.91 Å². The number of benzene rings is 2. The van der Waals surface area contributed by atoms with Crippen LogP contribution in [0.4, 0.5) is 5.69 Å². The van der Waals surface area contributed by atoms with Gasteiger partial charge < -0.3 is 19.3 Å². The highest BCUT2D eigenvalue weighted by molar-refractivity contribution is 7.90. The Bertz CT molecular complexity index is 1750. The van der Waals surface area contributed by atoms with Gasteiger partial charge in [-0.2, -0.15) is 0 Å². The number of fused-ring (bicyclic) bond motifs is 4. The lowest BCUT2D eigenvalue weighted by Gasteiger charge is -2.51. The van der Waals surface area contributed by atoms with Crippen molar-refractivity contribution in [3.8, 4) is 5.75 Å². The lowest BCUT2D eigenvalue weighted by atomic mass is 9.63. The molecule has 1 saturated carbocycles. The molecule has 1 amide bonds. The van der Waals surface area contributed by atoms with Gasteiger partial charge in [0, 0.05) is 63.0 Å². The SMILES string of the molecule is CO[C@]1(CCN2CCN3CCCC[C@@H]3C2)/C=C/C[C@H](C)[C@@H](C)S(=O)(=O)NC(=O)c2ccc3c(c2)N(CCCCc2cc(Cl)ccc2CO3)C[C@@H]2CC[C@H]21. The van der Waals surface area contributed by atoms with Crippen molar-refractivity contribution in [3.05, 3.63) is 70.3 Å². The zero-order chi connectivity index (χ0) is 37.2. The zero-order valence-electron chi connectivity index (χ0n) is 31.9. The molecule has 4 heterocycles. The number of piperazine rings is 1. The maximum Gasteiger partial charge on any atom is 0.264 e. The van der Waals surface area contributed by atoms with Gasteiger partial charge in [-0.05, 0) is 130 Å². The van der Waals surface area contributed by atoms with Gasteiger partial charge in [0.2, 0.25) is 10.0 Å². The minimum Gasteiger partial charge on any atom is -0.487 e. The van der Waals surface area contributed by atoms with E-state index in [2.05, 4.69) is 31.6 Å². The van der Waals surface area contributed by atoms with E-state index >= 15 is 0 Å². The number of hydrogen-bond acceptors (Lipinski definition) is 8. The fourth-order valence-corrected chi connectivity index (χ4v) is 11.0. The van der Waals surface area contributed by atoms with E-state index in [0.717, 1.165) is 94.1 Å². The summed E-state index contributed by atoms with van der Waals surface area (Å²) in [7, 11) is -2.07. The van der Waals surface area contributed by atoms with Gasteiger partial charge in [0.15, 0.2) is 0 Å². The molecule has 9 nitrogen and oxygen atoms in total. The molecule has 0 radical (unpaired) electrons. The summed E-state index contributed by atoms with van der Waals surface area (Å²) in [6.07, 6.45) is 14.9. The van der Waals surface area contributed by atoms with Gasteiger partial charge in [0.05, 0.1) is 16.5 Å². The van der Waals surface area contributed by atoms with Crippen LogP contribution in [-0.2, 0) is 27.8 Å². The number of ether oxygens (including phenoxy) is 2. The number of amides is 1. The minimum absolute atomic E-state index is 0.204. The van der Waals surface area contributed by atoms with Crippen molar-refractivity contribution in [1.82, 2.24) is 14.5 Å². The van der Waals surface area contributed by atoms with E-state index in [1.54, 1.807) is 13.0 Å². The van der Waals surface area contributed by atoms with Gasteiger partial charge in [-0.3, -0.25) is 9.69 Å². The molecule has 1 N–H and O–H groups in total. The Morgan fingerprint density at radius 1 is 0.962 bits per heavy atom. The Morgan fingerprint density at radius 2 is 1.81 bits per heavy atom. The van der Waals surface area contributed by atoms with E-state index in [1.807, 2.05) is 44.4 Å². The first-order valence-corrected chi connectivity index (χ1v) is 22.0. The lowest BCUT2D eigenvalue weighted by Crippen LogP contribution is -2.56. The molecule has 2 aromatic carbocycles. The van der Waals surface area contributed by atoms with E-state index in [4.69, 9.17) is 21.1 Å². The summed E-state index contributed by atoms with van der Waals surface area (Å²) in [5, 5.41) is -0.0418. The fourth-order valence-electron chi connectivity index (χ4n) is 9.52. The first-order chi connectivity index (χ1) is 25.5. The Balaban J connectivity index is 1.22. The number of halogens is 1. The molecule has 11 heteroatoms.